The first kappa shape index (κ1) is 20.3. The number of amides is 1. The Labute approximate surface area is 164 Å². The third kappa shape index (κ3) is 3.62. The molecule has 0 unspecified atom stereocenters. The lowest BCUT2D eigenvalue weighted by atomic mass is 9.71. The maximum absolute atomic E-state index is 13.3. The molecule has 6 nitrogen and oxygen atoms in total. The highest BCUT2D eigenvalue weighted by atomic mass is 32.2. The lowest BCUT2D eigenvalue weighted by Gasteiger charge is -2.43. The zero-order valence-electron chi connectivity index (χ0n) is 16.0. The highest BCUT2D eigenvalue weighted by molar-refractivity contribution is 7.89. The van der Waals surface area contributed by atoms with Gasteiger partial charge in [-0.05, 0) is 55.2 Å². The summed E-state index contributed by atoms with van der Waals surface area (Å²) in [6.07, 6.45) is 2.42. The second-order valence-electron chi connectivity index (χ2n) is 7.05. The zero-order chi connectivity index (χ0) is 20.5. The number of benzene rings is 2. The van der Waals surface area contributed by atoms with E-state index in [1.165, 1.54) is 51.5 Å². The number of ether oxygens (including phenoxy) is 1. The molecule has 0 bridgehead atoms. The van der Waals surface area contributed by atoms with Gasteiger partial charge in [-0.3, -0.25) is 4.79 Å². The van der Waals surface area contributed by atoms with E-state index >= 15 is 0 Å². The molecule has 1 amide bonds. The summed E-state index contributed by atoms with van der Waals surface area (Å²) in [5.74, 6) is -0.553. The summed E-state index contributed by atoms with van der Waals surface area (Å²) < 4.78 is 44.6. The number of rotatable bonds is 6. The maximum atomic E-state index is 13.3. The van der Waals surface area contributed by atoms with Crippen LogP contribution in [0.4, 0.5) is 4.39 Å². The molecule has 2 aromatic carbocycles. The van der Waals surface area contributed by atoms with Gasteiger partial charge in [-0.1, -0.05) is 12.1 Å². The Bertz CT molecular complexity index is 984. The van der Waals surface area contributed by atoms with Gasteiger partial charge in [0.05, 0.1) is 12.6 Å². The fourth-order valence-electron chi connectivity index (χ4n) is 3.29. The molecule has 1 aliphatic carbocycles. The van der Waals surface area contributed by atoms with Crippen LogP contribution in [-0.4, -0.2) is 39.8 Å². The largest absolute Gasteiger partial charge is 0.495 e. The van der Waals surface area contributed by atoms with Crippen molar-refractivity contribution >= 4 is 15.9 Å². The molecule has 0 radical (unpaired) electrons. The summed E-state index contributed by atoms with van der Waals surface area (Å²) in [4.78, 5) is 12.8. The van der Waals surface area contributed by atoms with E-state index in [1.54, 1.807) is 12.1 Å². The number of nitrogens with zero attached hydrogens (tertiary/aromatic N) is 1. The Morgan fingerprint density at radius 1 is 1.14 bits per heavy atom. The first-order chi connectivity index (χ1) is 13.2. The molecule has 0 heterocycles. The summed E-state index contributed by atoms with van der Waals surface area (Å²) in [5.41, 5.74) is 0.489. The monoisotopic (exact) mass is 406 g/mol. The number of sulfonamides is 1. The molecule has 1 saturated carbocycles. The van der Waals surface area contributed by atoms with Crippen LogP contribution in [0.3, 0.4) is 0 Å². The molecule has 0 saturated heterocycles. The Balaban J connectivity index is 1.93. The van der Waals surface area contributed by atoms with Gasteiger partial charge in [-0.2, -0.15) is 0 Å². The second-order valence-corrected chi connectivity index (χ2v) is 9.17. The summed E-state index contributed by atoms with van der Waals surface area (Å²) in [6.45, 7) is 0. The molecule has 0 spiro atoms. The topological polar surface area (TPSA) is 75.7 Å². The van der Waals surface area contributed by atoms with Crippen LogP contribution in [0, 0.1) is 5.82 Å². The van der Waals surface area contributed by atoms with Crippen LogP contribution >= 0.6 is 0 Å². The van der Waals surface area contributed by atoms with Gasteiger partial charge < -0.3 is 10.1 Å². The van der Waals surface area contributed by atoms with Crippen molar-refractivity contribution in [2.45, 2.75) is 29.7 Å². The SMILES string of the molecule is COc1ccc(C(=O)NC2(c3ccc(F)cc3)CCC2)cc1S(=O)(=O)N(C)C. The van der Waals surface area contributed by atoms with Crippen molar-refractivity contribution < 1.29 is 22.3 Å². The predicted octanol–water partition coefficient (Wildman–Crippen LogP) is 2.89. The van der Waals surface area contributed by atoms with E-state index in [2.05, 4.69) is 5.32 Å². The molecule has 3 rings (SSSR count). The van der Waals surface area contributed by atoms with Crippen LogP contribution in [0.1, 0.15) is 35.2 Å². The van der Waals surface area contributed by atoms with Gasteiger partial charge in [0, 0.05) is 19.7 Å². The molecular weight excluding hydrogens is 383 g/mol. The maximum Gasteiger partial charge on any atom is 0.252 e. The van der Waals surface area contributed by atoms with Crippen LogP contribution in [0.15, 0.2) is 47.4 Å². The van der Waals surface area contributed by atoms with Crippen LogP contribution in [0.25, 0.3) is 0 Å². The molecular formula is C20H23FN2O4S. The van der Waals surface area contributed by atoms with E-state index in [1.807, 2.05) is 0 Å². The van der Waals surface area contributed by atoms with Gasteiger partial charge in [-0.15, -0.1) is 0 Å². The third-order valence-electron chi connectivity index (χ3n) is 5.14. The summed E-state index contributed by atoms with van der Waals surface area (Å²) >= 11 is 0. The first-order valence-corrected chi connectivity index (χ1v) is 10.3. The molecule has 2 aromatic rings. The minimum Gasteiger partial charge on any atom is -0.495 e. The van der Waals surface area contributed by atoms with Gasteiger partial charge in [-0.25, -0.2) is 17.1 Å². The highest BCUT2D eigenvalue weighted by Gasteiger charge is 2.40. The van der Waals surface area contributed by atoms with Crippen molar-refractivity contribution in [2.24, 2.45) is 0 Å². The van der Waals surface area contributed by atoms with E-state index in [0.717, 1.165) is 29.1 Å². The molecule has 1 fully saturated rings. The Kier molecular flexibility index (Phi) is 5.45. The number of carbonyl (C=O) groups is 1. The minimum atomic E-state index is -3.78. The molecule has 0 atom stereocenters. The van der Waals surface area contributed by atoms with Crippen molar-refractivity contribution in [2.75, 3.05) is 21.2 Å². The molecule has 150 valence electrons. The van der Waals surface area contributed by atoms with Crippen molar-refractivity contribution in [3.05, 3.63) is 59.4 Å². The fraction of sp³-hybridized carbons (Fsp3) is 0.350. The smallest absolute Gasteiger partial charge is 0.252 e. The second kappa shape index (κ2) is 7.52. The van der Waals surface area contributed by atoms with Gasteiger partial charge >= 0.3 is 0 Å². The number of methoxy groups -OCH3 is 1. The summed E-state index contributed by atoms with van der Waals surface area (Å²) in [6, 6.07) is 10.4. The Morgan fingerprint density at radius 3 is 2.29 bits per heavy atom. The first-order valence-electron chi connectivity index (χ1n) is 8.89. The van der Waals surface area contributed by atoms with Crippen LogP contribution in [0.2, 0.25) is 0 Å². The van der Waals surface area contributed by atoms with E-state index < -0.39 is 15.6 Å². The summed E-state index contributed by atoms with van der Waals surface area (Å²) in [7, 11) is 0.428. The quantitative estimate of drug-likeness (QED) is 0.800. The number of hydrogen-bond acceptors (Lipinski definition) is 4. The summed E-state index contributed by atoms with van der Waals surface area (Å²) in [5, 5.41) is 3.02. The molecule has 0 aromatic heterocycles. The van der Waals surface area contributed by atoms with E-state index in [4.69, 9.17) is 4.74 Å². The van der Waals surface area contributed by atoms with Crippen LogP contribution in [-0.2, 0) is 15.6 Å². The van der Waals surface area contributed by atoms with Crippen LogP contribution in [0.5, 0.6) is 5.75 Å². The Hall–Kier alpha value is -2.45. The molecule has 28 heavy (non-hydrogen) atoms. The predicted molar refractivity (Wildman–Crippen MR) is 103 cm³/mol. The van der Waals surface area contributed by atoms with Gasteiger partial charge in [0.15, 0.2) is 0 Å². The molecule has 1 N–H and O–H groups in total. The van der Waals surface area contributed by atoms with Crippen molar-refractivity contribution in [1.29, 1.82) is 0 Å². The fourth-order valence-corrected chi connectivity index (χ4v) is 4.37. The standard InChI is InChI=1S/C20H23FN2O4S/c1-23(2)28(25,26)18-13-14(5-10-17(18)27-3)19(24)22-20(11-4-12-20)15-6-8-16(21)9-7-15/h5-10,13H,4,11-12H2,1-3H3,(H,22,24). The van der Waals surface area contributed by atoms with Gasteiger partial charge in [0.2, 0.25) is 10.0 Å². The average molecular weight is 406 g/mol. The number of halogens is 1. The van der Waals surface area contributed by atoms with E-state index in [9.17, 15) is 17.6 Å². The van der Waals surface area contributed by atoms with Crippen molar-refractivity contribution in [1.82, 2.24) is 9.62 Å². The zero-order valence-corrected chi connectivity index (χ0v) is 16.8. The third-order valence-corrected chi connectivity index (χ3v) is 6.98. The van der Waals surface area contributed by atoms with Crippen molar-refractivity contribution in [3.8, 4) is 5.75 Å². The lowest BCUT2D eigenvalue weighted by Crippen LogP contribution is -2.50. The van der Waals surface area contributed by atoms with Crippen molar-refractivity contribution in [3.63, 3.8) is 0 Å². The molecule has 8 heteroatoms. The number of carbonyl (C=O) groups excluding carboxylic acids is 1. The minimum absolute atomic E-state index is 0.0721. The van der Waals surface area contributed by atoms with Gasteiger partial charge in [0.25, 0.3) is 5.91 Å². The van der Waals surface area contributed by atoms with E-state index in [0.29, 0.717) is 0 Å². The average Bonchev–Trinajstić information content (AvgIpc) is 2.64. The molecule has 0 aliphatic heterocycles. The van der Waals surface area contributed by atoms with E-state index in [-0.39, 0.29) is 27.9 Å². The Morgan fingerprint density at radius 2 is 1.79 bits per heavy atom. The number of hydrogen-bond donors (Lipinski definition) is 1. The normalized spacial score (nSPS) is 15.8. The van der Waals surface area contributed by atoms with Crippen LogP contribution < -0.4 is 10.1 Å². The highest BCUT2D eigenvalue weighted by Crippen LogP contribution is 2.41. The number of nitrogens with one attached hydrogen (secondary N) is 1. The van der Waals surface area contributed by atoms with Gasteiger partial charge in [0.1, 0.15) is 16.5 Å². The lowest BCUT2D eigenvalue weighted by molar-refractivity contribution is 0.0823. The molecule has 1 aliphatic rings.